The van der Waals surface area contributed by atoms with Crippen LogP contribution in [0.15, 0.2) is 18.2 Å². The average Bonchev–Trinajstić information content (AvgIpc) is 2.70. The lowest BCUT2D eigenvalue weighted by Gasteiger charge is -2.30. The van der Waals surface area contributed by atoms with E-state index in [0.29, 0.717) is 18.0 Å². The Hall–Kier alpha value is -2.12. The number of carbonyl (C=O) groups excluding carboxylic acids is 2. The van der Waals surface area contributed by atoms with Gasteiger partial charge in [-0.15, -0.1) is 0 Å². The normalized spacial score (nSPS) is 18.7. The molecular formula is C21H32N4O3. The lowest BCUT2D eigenvalue weighted by Crippen LogP contribution is -2.42. The van der Waals surface area contributed by atoms with Gasteiger partial charge in [0.05, 0.1) is 13.2 Å². The molecule has 3 amide bonds. The van der Waals surface area contributed by atoms with Crippen molar-refractivity contribution < 1.29 is 14.3 Å². The maximum atomic E-state index is 12.7. The summed E-state index contributed by atoms with van der Waals surface area (Å²) in [6.07, 6.45) is 2.13. The highest BCUT2D eigenvalue weighted by Crippen LogP contribution is 2.21. The Morgan fingerprint density at radius 2 is 1.86 bits per heavy atom. The molecule has 0 radical (unpaired) electrons. The molecule has 0 unspecified atom stereocenters. The van der Waals surface area contributed by atoms with Crippen LogP contribution in [0.5, 0.6) is 0 Å². The molecule has 0 aliphatic carbocycles. The van der Waals surface area contributed by atoms with Crippen LogP contribution in [0.1, 0.15) is 35.7 Å². The van der Waals surface area contributed by atoms with Crippen molar-refractivity contribution in [3.05, 3.63) is 29.3 Å². The van der Waals surface area contributed by atoms with Gasteiger partial charge in [0.1, 0.15) is 0 Å². The molecule has 2 heterocycles. The van der Waals surface area contributed by atoms with Crippen molar-refractivity contribution in [3.8, 4) is 0 Å². The van der Waals surface area contributed by atoms with Crippen molar-refractivity contribution in [3.63, 3.8) is 0 Å². The van der Waals surface area contributed by atoms with E-state index in [0.717, 1.165) is 70.0 Å². The highest BCUT2D eigenvalue weighted by atomic mass is 16.5. The molecule has 2 aliphatic heterocycles. The van der Waals surface area contributed by atoms with Crippen LogP contribution in [0.4, 0.5) is 10.5 Å². The lowest BCUT2D eigenvalue weighted by atomic mass is 9.98. The summed E-state index contributed by atoms with van der Waals surface area (Å²) in [6.45, 7) is 10.5. The first-order chi connectivity index (χ1) is 13.5. The fourth-order valence-electron chi connectivity index (χ4n) is 3.65. The van der Waals surface area contributed by atoms with Gasteiger partial charge in [-0.1, -0.05) is 6.92 Å². The van der Waals surface area contributed by atoms with Crippen LogP contribution >= 0.6 is 0 Å². The molecule has 2 N–H and O–H groups in total. The summed E-state index contributed by atoms with van der Waals surface area (Å²) >= 11 is 0. The molecule has 3 rings (SSSR count). The molecule has 1 aromatic carbocycles. The quantitative estimate of drug-likeness (QED) is 0.812. The van der Waals surface area contributed by atoms with E-state index in [9.17, 15) is 9.59 Å². The van der Waals surface area contributed by atoms with Crippen LogP contribution in [-0.2, 0) is 4.74 Å². The van der Waals surface area contributed by atoms with E-state index in [2.05, 4.69) is 22.5 Å². The molecule has 0 aromatic heterocycles. The van der Waals surface area contributed by atoms with Crippen LogP contribution in [0, 0.1) is 12.8 Å². The topological polar surface area (TPSA) is 73.9 Å². The van der Waals surface area contributed by atoms with Gasteiger partial charge in [0.25, 0.3) is 5.91 Å². The average molecular weight is 389 g/mol. The summed E-state index contributed by atoms with van der Waals surface area (Å²) in [5.41, 5.74) is 2.30. The minimum Gasteiger partial charge on any atom is -0.379 e. The van der Waals surface area contributed by atoms with E-state index in [1.165, 1.54) is 0 Å². The first-order valence-corrected chi connectivity index (χ1v) is 10.3. The first-order valence-electron chi connectivity index (χ1n) is 10.3. The van der Waals surface area contributed by atoms with Gasteiger partial charge < -0.3 is 20.3 Å². The van der Waals surface area contributed by atoms with E-state index in [4.69, 9.17) is 4.74 Å². The van der Waals surface area contributed by atoms with Gasteiger partial charge in [0.15, 0.2) is 0 Å². The van der Waals surface area contributed by atoms with Crippen molar-refractivity contribution in [1.82, 2.24) is 15.1 Å². The molecule has 0 bridgehead atoms. The Labute approximate surface area is 167 Å². The highest BCUT2D eigenvalue weighted by Gasteiger charge is 2.21. The van der Waals surface area contributed by atoms with Gasteiger partial charge in [-0.2, -0.15) is 0 Å². The number of benzene rings is 1. The molecular weight excluding hydrogens is 356 g/mol. The van der Waals surface area contributed by atoms with Crippen molar-refractivity contribution in [1.29, 1.82) is 0 Å². The summed E-state index contributed by atoms with van der Waals surface area (Å²) in [4.78, 5) is 29.1. The minimum absolute atomic E-state index is 0.0801. The number of amides is 3. The van der Waals surface area contributed by atoms with Crippen molar-refractivity contribution >= 4 is 17.6 Å². The molecule has 0 saturated carbocycles. The summed E-state index contributed by atoms with van der Waals surface area (Å²) in [6, 6.07) is 5.26. The van der Waals surface area contributed by atoms with Gasteiger partial charge in [0.2, 0.25) is 0 Å². The van der Waals surface area contributed by atoms with E-state index < -0.39 is 0 Å². The number of nitrogens with zero attached hydrogens (tertiary/aromatic N) is 2. The summed E-state index contributed by atoms with van der Waals surface area (Å²) in [5.74, 6) is 0.774. The van der Waals surface area contributed by atoms with E-state index in [-0.39, 0.29) is 11.9 Å². The van der Waals surface area contributed by atoms with Crippen molar-refractivity contribution in [2.75, 3.05) is 57.8 Å². The second-order valence-corrected chi connectivity index (χ2v) is 7.84. The van der Waals surface area contributed by atoms with E-state index in [1.807, 2.05) is 24.0 Å². The van der Waals surface area contributed by atoms with Crippen molar-refractivity contribution in [2.45, 2.75) is 26.7 Å². The van der Waals surface area contributed by atoms with Gasteiger partial charge in [-0.05, 0) is 49.4 Å². The van der Waals surface area contributed by atoms with E-state index in [1.54, 1.807) is 6.07 Å². The summed E-state index contributed by atoms with van der Waals surface area (Å²) < 4.78 is 5.32. The van der Waals surface area contributed by atoms with E-state index >= 15 is 0 Å². The number of aryl methyl sites for hydroxylation is 1. The number of likely N-dealkylation sites (tertiary alicyclic amines) is 1. The Kier molecular flexibility index (Phi) is 7.28. The Bertz CT molecular complexity index is 680. The number of anilines is 1. The molecule has 2 saturated heterocycles. The Balaban J connectivity index is 1.48. The predicted octanol–water partition coefficient (Wildman–Crippen LogP) is 2.32. The fourth-order valence-corrected chi connectivity index (χ4v) is 3.65. The molecule has 28 heavy (non-hydrogen) atoms. The second kappa shape index (κ2) is 9.89. The molecule has 1 aromatic rings. The van der Waals surface area contributed by atoms with Crippen LogP contribution in [0.2, 0.25) is 0 Å². The Morgan fingerprint density at radius 3 is 2.54 bits per heavy atom. The molecule has 0 spiro atoms. The zero-order chi connectivity index (χ0) is 19.9. The number of rotatable bonds is 5. The maximum Gasteiger partial charge on any atom is 0.319 e. The number of carbonyl (C=O) groups is 2. The largest absolute Gasteiger partial charge is 0.379 e. The lowest BCUT2D eigenvalue weighted by molar-refractivity contribution is 0.0388. The van der Waals surface area contributed by atoms with Gasteiger partial charge >= 0.3 is 6.03 Å². The van der Waals surface area contributed by atoms with Crippen LogP contribution < -0.4 is 10.6 Å². The maximum absolute atomic E-state index is 12.7. The smallest absolute Gasteiger partial charge is 0.319 e. The van der Waals surface area contributed by atoms with Gasteiger partial charge in [0, 0.05) is 50.5 Å². The number of ether oxygens (including phenoxy) is 1. The third-order valence-electron chi connectivity index (χ3n) is 5.61. The molecule has 0 atom stereocenters. The predicted molar refractivity (Wildman–Crippen MR) is 110 cm³/mol. The second-order valence-electron chi connectivity index (χ2n) is 7.84. The van der Waals surface area contributed by atoms with Crippen LogP contribution in [0.25, 0.3) is 0 Å². The summed E-state index contributed by atoms with van der Waals surface area (Å²) in [5, 5.41) is 5.77. The molecule has 2 aliphatic rings. The zero-order valence-corrected chi connectivity index (χ0v) is 17.0. The van der Waals surface area contributed by atoms with Gasteiger partial charge in [-0.25, -0.2) is 4.79 Å². The third kappa shape index (κ3) is 5.69. The number of hydrogen-bond acceptors (Lipinski definition) is 4. The highest BCUT2D eigenvalue weighted by molar-refractivity contribution is 5.96. The molecule has 154 valence electrons. The monoisotopic (exact) mass is 388 g/mol. The fraction of sp³-hybridized carbons (Fsp3) is 0.619. The molecule has 7 nitrogen and oxygen atoms in total. The third-order valence-corrected chi connectivity index (χ3v) is 5.61. The number of urea groups is 1. The number of nitrogens with one attached hydrogen (secondary N) is 2. The number of morpholine rings is 1. The molecule has 7 heteroatoms. The minimum atomic E-state index is -0.222. The summed E-state index contributed by atoms with van der Waals surface area (Å²) in [7, 11) is 0. The standard InChI is InChI=1S/C21H32N4O3/c1-16-5-8-25(9-6-16)20(26)18-3-4-19(17(2)15-18)23-21(27)22-7-10-24-11-13-28-14-12-24/h3-4,15-16H,5-14H2,1-2H3,(H2,22,23,27). The zero-order valence-electron chi connectivity index (χ0n) is 17.0. The van der Waals surface area contributed by atoms with Gasteiger partial charge in [-0.3, -0.25) is 9.69 Å². The van der Waals surface area contributed by atoms with Crippen LogP contribution in [-0.4, -0.2) is 74.2 Å². The Morgan fingerprint density at radius 1 is 1.14 bits per heavy atom. The van der Waals surface area contributed by atoms with Crippen LogP contribution in [0.3, 0.4) is 0 Å². The number of hydrogen-bond donors (Lipinski definition) is 2. The SMILES string of the molecule is Cc1cc(C(=O)N2CCC(C)CC2)ccc1NC(=O)NCCN1CCOCC1. The number of piperidine rings is 1. The van der Waals surface area contributed by atoms with Crippen molar-refractivity contribution in [2.24, 2.45) is 5.92 Å². The first kappa shape index (κ1) is 20.6. The molecule has 2 fully saturated rings.